The third-order valence-electron chi connectivity index (χ3n) is 4.46. The zero-order chi connectivity index (χ0) is 16.4. The van der Waals surface area contributed by atoms with Crippen molar-refractivity contribution < 1.29 is 14.3 Å². The van der Waals surface area contributed by atoms with Crippen molar-refractivity contribution in [1.29, 1.82) is 0 Å². The first-order valence-corrected chi connectivity index (χ1v) is 7.96. The number of aromatic nitrogens is 1. The van der Waals surface area contributed by atoms with Crippen LogP contribution in [0.2, 0.25) is 0 Å². The van der Waals surface area contributed by atoms with Gasteiger partial charge in [0.25, 0.3) is 5.56 Å². The van der Waals surface area contributed by atoms with Crippen LogP contribution >= 0.6 is 0 Å². The van der Waals surface area contributed by atoms with Crippen LogP contribution < -0.4 is 10.9 Å². The highest BCUT2D eigenvalue weighted by atomic mass is 16.5. The average molecular weight is 319 g/mol. The highest BCUT2D eigenvalue weighted by Crippen LogP contribution is 2.34. The number of hydrogen-bond donors (Lipinski definition) is 1. The largest absolute Gasteiger partial charge is 0.465 e. The topological polar surface area (TPSA) is 80.6 Å². The second kappa shape index (κ2) is 6.44. The van der Waals surface area contributed by atoms with E-state index >= 15 is 0 Å². The van der Waals surface area contributed by atoms with E-state index in [1.807, 2.05) is 10.6 Å². The van der Waals surface area contributed by atoms with E-state index in [1.165, 1.54) is 0 Å². The fourth-order valence-electron chi connectivity index (χ4n) is 3.53. The highest BCUT2D eigenvalue weighted by molar-refractivity contribution is 5.81. The lowest BCUT2D eigenvalue weighted by Gasteiger charge is -2.42. The second-order valence-electron chi connectivity index (χ2n) is 6.07. The Hall–Kier alpha value is -2.31. The van der Waals surface area contributed by atoms with Crippen molar-refractivity contribution in [2.75, 3.05) is 26.2 Å². The quantitative estimate of drug-likeness (QED) is 0.825. The van der Waals surface area contributed by atoms with Gasteiger partial charge in [-0.05, 0) is 25.3 Å². The number of fused-ring (bicyclic) bond motifs is 4. The van der Waals surface area contributed by atoms with Crippen molar-refractivity contribution in [2.24, 2.45) is 5.92 Å². The van der Waals surface area contributed by atoms with Gasteiger partial charge in [-0.15, -0.1) is 0 Å². The predicted molar refractivity (Wildman–Crippen MR) is 83.2 cm³/mol. The average Bonchev–Trinajstić information content (AvgIpc) is 2.54. The van der Waals surface area contributed by atoms with Crippen molar-refractivity contribution >= 4 is 12.0 Å². The summed E-state index contributed by atoms with van der Waals surface area (Å²) in [5, 5.41) is 2.61. The Balaban J connectivity index is 1.66. The number of hydrogen-bond acceptors (Lipinski definition) is 4. The Labute approximate surface area is 134 Å². The molecule has 2 aliphatic rings. The number of carbonyl (C=O) groups excluding carboxylic acids is 2. The lowest BCUT2D eigenvalue weighted by molar-refractivity contribution is -0.141. The molecule has 2 amide bonds. The molecule has 2 bridgehead atoms. The number of urea groups is 1. The van der Waals surface area contributed by atoms with Gasteiger partial charge in [0.2, 0.25) is 0 Å². The Bertz CT molecular complexity index is 670. The molecule has 3 rings (SSSR count). The molecular formula is C16H21N3O4. The van der Waals surface area contributed by atoms with E-state index in [9.17, 15) is 14.4 Å². The van der Waals surface area contributed by atoms with Crippen LogP contribution in [0.4, 0.5) is 4.79 Å². The molecule has 0 aromatic carbocycles. The summed E-state index contributed by atoms with van der Waals surface area (Å²) in [6, 6.07) is 5.06. The van der Waals surface area contributed by atoms with Crippen LogP contribution in [0.25, 0.3) is 0 Å². The summed E-state index contributed by atoms with van der Waals surface area (Å²) in [7, 11) is 0. The molecule has 23 heavy (non-hydrogen) atoms. The van der Waals surface area contributed by atoms with E-state index in [2.05, 4.69) is 5.32 Å². The summed E-state index contributed by atoms with van der Waals surface area (Å²) in [5.41, 5.74) is 1.02. The minimum atomic E-state index is -0.435. The van der Waals surface area contributed by atoms with Crippen molar-refractivity contribution in [2.45, 2.75) is 25.8 Å². The summed E-state index contributed by atoms with van der Waals surface area (Å²) in [6.45, 7) is 3.72. The van der Waals surface area contributed by atoms with Crippen LogP contribution in [0.5, 0.6) is 0 Å². The maximum Gasteiger partial charge on any atom is 0.325 e. The third-order valence-corrected chi connectivity index (χ3v) is 4.46. The number of piperidine rings is 1. The predicted octanol–water partition coefficient (Wildman–Crippen LogP) is 0.540. The van der Waals surface area contributed by atoms with Crippen LogP contribution in [0.1, 0.15) is 25.0 Å². The molecule has 1 aromatic rings. The molecule has 124 valence electrons. The van der Waals surface area contributed by atoms with Crippen molar-refractivity contribution in [3.63, 3.8) is 0 Å². The number of pyridine rings is 1. The van der Waals surface area contributed by atoms with Gasteiger partial charge in [0, 0.05) is 37.3 Å². The van der Waals surface area contributed by atoms with Gasteiger partial charge >= 0.3 is 12.0 Å². The van der Waals surface area contributed by atoms with E-state index in [-0.39, 0.29) is 30.0 Å². The standard InChI is InChI=1S/C16H21N3O4/c1-2-23-15(21)7-17-16(22)18-8-11-6-12(10-18)13-4-3-5-14(20)19(13)9-11/h3-5,11-12H,2,6-10H2,1H3,(H,17,22). The number of amides is 2. The lowest BCUT2D eigenvalue weighted by atomic mass is 9.83. The minimum Gasteiger partial charge on any atom is -0.465 e. The Kier molecular flexibility index (Phi) is 4.36. The van der Waals surface area contributed by atoms with Gasteiger partial charge in [0.1, 0.15) is 6.54 Å². The van der Waals surface area contributed by atoms with Crippen LogP contribution in [-0.2, 0) is 16.1 Å². The number of esters is 1. The van der Waals surface area contributed by atoms with Crippen LogP contribution in [0.15, 0.2) is 23.0 Å². The smallest absolute Gasteiger partial charge is 0.325 e. The van der Waals surface area contributed by atoms with E-state index in [1.54, 1.807) is 24.0 Å². The van der Waals surface area contributed by atoms with E-state index in [0.29, 0.717) is 26.2 Å². The van der Waals surface area contributed by atoms with Gasteiger partial charge in [-0.2, -0.15) is 0 Å². The number of nitrogens with zero attached hydrogens (tertiary/aromatic N) is 2. The SMILES string of the molecule is CCOC(=O)CNC(=O)N1CC2CC(C1)c1cccc(=O)n1C2. The zero-order valence-corrected chi connectivity index (χ0v) is 13.2. The molecule has 0 radical (unpaired) electrons. The molecule has 2 aliphatic heterocycles. The van der Waals surface area contributed by atoms with E-state index in [0.717, 1.165) is 12.1 Å². The van der Waals surface area contributed by atoms with Crippen molar-refractivity contribution in [3.05, 3.63) is 34.2 Å². The first kappa shape index (κ1) is 15.6. The number of likely N-dealkylation sites (tertiary alicyclic amines) is 1. The molecule has 7 nitrogen and oxygen atoms in total. The summed E-state index contributed by atoms with van der Waals surface area (Å²) >= 11 is 0. The number of ether oxygens (including phenoxy) is 1. The Morgan fingerprint density at radius 1 is 1.30 bits per heavy atom. The molecule has 7 heteroatoms. The minimum absolute atomic E-state index is 0.0254. The summed E-state index contributed by atoms with van der Waals surface area (Å²) in [4.78, 5) is 37.3. The summed E-state index contributed by atoms with van der Waals surface area (Å²) < 4.78 is 6.63. The van der Waals surface area contributed by atoms with Crippen molar-refractivity contribution in [1.82, 2.24) is 14.8 Å². The number of carbonyl (C=O) groups is 2. The molecule has 1 aromatic heterocycles. The summed E-state index contributed by atoms with van der Waals surface area (Å²) in [6.07, 6.45) is 0.991. The van der Waals surface area contributed by atoms with Gasteiger partial charge in [0.05, 0.1) is 6.61 Å². The number of nitrogens with one attached hydrogen (secondary N) is 1. The van der Waals surface area contributed by atoms with Gasteiger partial charge < -0.3 is 19.5 Å². The Morgan fingerprint density at radius 3 is 2.91 bits per heavy atom. The highest BCUT2D eigenvalue weighted by Gasteiger charge is 2.36. The van der Waals surface area contributed by atoms with E-state index in [4.69, 9.17) is 4.74 Å². The van der Waals surface area contributed by atoms with Crippen LogP contribution in [-0.4, -0.2) is 47.7 Å². The summed E-state index contributed by atoms with van der Waals surface area (Å²) in [5.74, 6) is 0.00869. The lowest BCUT2D eigenvalue weighted by Crippen LogP contribution is -2.52. The monoisotopic (exact) mass is 319 g/mol. The first-order valence-electron chi connectivity index (χ1n) is 7.96. The fraction of sp³-hybridized carbons (Fsp3) is 0.562. The third kappa shape index (κ3) is 3.23. The van der Waals surface area contributed by atoms with Crippen LogP contribution in [0, 0.1) is 5.92 Å². The molecule has 1 saturated heterocycles. The van der Waals surface area contributed by atoms with Crippen molar-refractivity contribution in [3.8, 4) is 0 Å². The molecule has 0 spiro atoms. The van der Waals surface area contributed by atoms with Gasteiger partial charge in [-0.25, -0.2) is 4.79 Å². The van der Waals surface area contributed by atoms with Gasteiger partial charge in [-0.3, -0.25) is 9.59 Å². The molecule has 1 N–H and O–H groups in total. The van der Waals surface area contributed by atoms with Gasteiger partial charge in [0.15, 0.2) is 0 Å². The number of rotatable bonds is 3. The molecular weight excluding hydrogens is 298 g/mol. The molecule has 2 unspecified atom stereocenters. The maximum atomic E-state index is 12.3. The molecule has 0 aliphatic carbocycles. The maximum absolute atomic E-state index is 12.3. The fourth-order valence-corrected chi connectivity index (χ4v) is 3.53. The second-order valence-corrected chi connectivity index (χ2v) is 6.07. The first-order chi connectivity index (χ1) is 11.1. The molecule has 3 heterocycles. The Morgan fingerprint density at radius 2 is 2.13 bits per heavy atom. The normalized spacial score (nSPS) is 22.2. The molecule has 2 atom stereocenters. The van der Waals surface area contributed by atoms with E-state index < -0.39 is 5.97 Å². The zero-order valence-electron chi connectivity index (χ0n) is 13.2. The van der Waals surface area contributed by atoms with Gasteiger partial charge in [-0.1, -0.05) is 6.07 Å². The molecule has 0 saturated carbocycles. The van der Waals surface area contributed by atoms with Crippen LogP contribution in [0.3, 0.4) is 0 Å². The molecule has 1 fully saturated rings.